The van der Waals surface area contributed by atoms with Crippen molar-refractivity contribution in [2.75, 3.05) is 39.3 Å². The van der Waals surface area contributed by atoms with Gasteiger partial charge in [-0.05, 0) is 38.5 Å². The van der Waals surface area contributed by atoms with E-state index in [9.17, 15) is 4.57 Å². The van der Waals surface area contributed by atoms with Gasteiger partial charge in [0.05, 0.1) is 0 Å². The highest BCUT2D eigenvalue weighted by Crippen LogP contribution is 2.58. The Balaban J connectivity index is 1.97. The van der Waals surface area contributed by atoms with Crippen LogP contribution in [-0.4, -0.2) is 63.1 Å². The second-order valence-electron chi connectivity index (χ2n) is 6.45. The molecule has 0 aromatic carbocycles. The first-order valence-corrected chi connectivity index (χ1v) is 11.1. The van der Waals surface area contributed by atoms with E-state index in [0.717, 1.165) is 77.8 Å². The first-order chi connectivity index (χ1) is 10.9. The van der Waals surface area contributed by atoms with Crippen molar-refractivity contribution < 1.29 is 4.57 Å². The van der Waals surface area contributed by atoms with E-state index in [1.165, 1.54) is 0 Å². The van der Waals surface area contributed by atoms with E-state index in [1.54, 1.807) is 0 Å². The third kappa shape index (κ3) is 4.02. The van der Waals surface area contributed by atoms with Crippen LogP contribution in [0.1, 0.15) is 38.5 Å². The van der Waals surface area contributed by atoms with Gasteiger partial charge in [-0.25, -0.2) is 9.34 Å². The van der Waals surface area contributed by atoms with E-state index in [1.807, 2.05) is 14.2 Å². The number of alkyl halides is 3. The predicted octanol–water partition coefficient (Wildman–Crippen LogP) is 4.15. The summed E-state index contributed by atoms with van der Waals surface area (Å²) in [6.45, 7) is 4.86. The monoisotopic (exact) mass is 400 g/mol. The van der Waals surface area contributed by atoms with Crippen LogP contribution in [-0.2, 0) is 4.57 Å². The zero-order chi connectivity index (χ0) is 16.5. The summed E-state index contributed by atoms with van der Waals surface area (Å²) in [6.07, 6.45) is 6.33. The first kappa shape index (κ1) is 18.3. The predicted molar refractivity (Wildman–Crippen MR) is 97.8 cm³/mol. The average molecular weight is 402 g/mol. The van der Waals surface area contributed by atoms with Gasteiger partial charge < -0.3 is 4.90 Å². The summed E-state index contributed by atoms with van der Waals surface area (Å²) in [5, 5.41) is 0. The smallest absolute Gasteiger partial charge is 0.331 e. The zero-order valence-corrected chi connectivity index (χ0v) is 16.4. The van der Waals surface area contributed by atoms with Crippen molar-refractivity contribution in [3.05, 3.63) is 0 Å². The molecule has 0 unspecified atom stereocenters. The van der Waals surface area contributed by atoms with Gasteiger partial charge in [0.25, 0.3) is 0 Å². The van der Waals surface area contributed by atoms with Crippen LogP contribution in [0.25, 0.3) is 0 Å². The molecule has 0 atom stereocenters. The molecule has 5 nitrogen and oxygen atoms in total. The maximum Gasteiger partial charge on any atom is 0.331 e. The van der Waals surface area contributed by atoms with Crippen molar-refractivity contribution in [3.63, 3.8) is 0 Å². The van der Waals surface area contributed by atoms with Crippen molar-refractivity contribution in [3.8, 4) is 0 Å². The van der Waals surface area contributed by atoms with Crippen LogP contribution in [0.4, 0.5) is 0 Å². The summed E-state index contributed by atoms with van der Waals surface area (Å²) >= 11 is 18.6. The largest absolute Gasteiger partial charge is 0.356 e. The van der Waals surface area contributed by atoms with E-state index < -0.39 is 11.4 Å². The molecule has 0 N–H and O–H groups in total. The van der Waals surface area contributed by atoms with Crippen LogP contribution in [0, 0.1) is 0 Å². The van der Waals surface area contributed by atoms with Crippen molar-refractivity contribution in [1.82, 2.24) is 14.2 Å². The molecule has 0 aromatic heterocycles. The molecule has 0 aliphatic carbocycles. The van der Waals surface area contributed by atoms with Crippen LogP contribution < -0.4 is 0 Å². The molecular weight excluding hydrogens is 378 g/mol. The van der Waals surface area contributed by atoms with E-state index in [0.29, 0.717) is 5.84 Å². The fourth-order valence-electron chi connectivity index (χ4n) is 3.58. The molecule has 0 saturated carbocycles. The highest BCUT2D eigenvalue weighted by Gasteiger charge is 2.44. The zero-order valence-electron chi connectivity index (χ0n) is 13.3. The molecule has 0 bridgehead atoms. The molecule has 0 radical (unpaired) electrons. The average Bonchev–Trinajstić information content (AvgIpc) is 3.27. The molecule has 9 heteroatoms. The van der Waals surface area contributed by atoms with Gasteiger partial charge in [-0.3, -0.25) is 4.57 Å². The number of hydrogen-bond acceptors (Lipinski definition) is 1. The molecule has 0 spiro atoms. The highest BCUT2D eigenvalue weighted by atomic mass is 35.6. The maximum atomic E-state index is 13.9. The molecule has 0 amide bonds. The van der Waals surface area contributed by atoms with Gasteiger partial charge in [-0.15, -0.1) is 0 Å². The quantitative estimate of drug-likeness (QED) is 0.308. The van der Waals surface area contributed by atoms with Crippen LogP contribution in [0.2, 0.25) is 0 Å². The third-order valence-corrected chi connectivity index (χ3v) is 8.02. The van der Waals surface area contributed by atoms with Gasteiger partial charge in [0.15, 0.2) is 5.84 Å². The topological polar surface area (TPSA) is 39.2 Å². The van der Waals surface area contributed by atoms with Crippen LogP contribution in [0.3, 0.4) is 0 Å². The van der Waals surface area contributed by atoms with Gasteiger partial charge >= 0.3 is 7.59 Å². The van der Waals surface area contributed by atoms with Gasteiger partial charge in [0.2, 0.25) is 3.79 Å². The Morgan fingerprint density at radius 2 is 1.17 bits per heavy atom. The van der Waals surface area contributed by atoms with Gasteiger partial charge in [0.1, 0.15) is 0 Å². The lowest BCUT2D eigenvalue weighted by Gasteiger charge is -2.34. The Morgan fingerprint density at radius 3 is 1.57 bits per heavy atom. The van der Waals surface area contributed by atoms with E-state index >= 15 is 0 Å². The number of rotatable bonds is 3. The fraction of sp³-hybridized carbons (Fsp3) is 0.929. The lowest BCUT2D eigenvalue weighted by molar-refractivity contribution is 0.392. The van der Waals surface area contributed by atoms with Gasteiger partial charge in [-0.2, -0.15) is 4.76 Å². The standard InChI is InChI=1S/C14H24Cl3N4OP/c15-14(16,17)13(19-7-1-2-8-19)18-23(22,20-9-3-4-10-20)21-11-5-6-12-21/h1-12H2/b18-13-. The minimum Gasteiger partial charge on any atom is -0.356 e. The number of hydrogen-bond donors (Lipinski definition) is 0. The van der Waals surface area contributed by atoms with E-state index in [2.05, 4.69) is 4.76 Å². The lowest BCUT2D eigenvalue weighted by atomic mass is 10.4. The fourth-order valence-corrected chi connectivity index (χ4v) is 6.98. The third-order valence-electron chi connectivity index (χ3n) is 4.79. The summed E-state index contributed by atoms with van der Waals surface area (Å²) in [5.41, 5.74) is 0. The molecule has 3 heterocycles. The lowest BCUT2D eigenvalue weighted by Crippen LogP contribution is -2.39. The van der Waals surface area contributed by atoms with E-state index in [-0.39, 0.29) is 0 Å². The molecule has 132 valence electrons. The molecule has 3 rings (SSSR count). The Hall–Kier alpha value is 0.490. The molecule has 3 saturated heterocycles. The van der Waals surface area contributed by atoms with Crippen molar-refractivity contribution >= 4 is 48.2 Å². The summed E-state index contributed by atoms with van der Waals surface area (Å²) in [7, 11) is -3.06. The minimum absolute atomic E-state index is 0.363. The number of halogens is 3. The number of likely N-dealkylation sites (tertiary alicyclic amines) is 1. The van der Waals surface area contributed by atoms with Crippen LogP contribution >= 0.6 is 42.4 Å². The Morgan fingerprint density at radius 1 is 0.783 bits per heavy atom. The molecule has 3 fully saturated rings. The van der Waals surface area contributed by atoms with Gasteiger partial charge in [-0.1, -0.05) is 34.8 Å². The number of amidine groups is 1. The van der Waals surface area contributed by atoms with Crippen molar-refractivity contribution in [1.29, 1.82) is 0 Å². The van der Waals surface area contributed by atoms with Crippen molar-refractivity contribution in [2.45, 2.75) is 42.3 Å². The van der Waals surface area contributed by atoms with Crippen LogP contribution in [0.5, 0.6) is 0 Å². The first-order valence-electron chi connectivity index (χ1n) is 8.44. The Labute approximate surface area is 153 Å². The molecule has 3 aliphatic heterocycles. The molecule has 3 aliphatic rings. The van der Waals surface area contributed by atoms with Crippen LogP contribution in [0.15, 0.2) is 4.76 Å². The second-order valence-corrected chi connectivity index (χ2v) is 11.1. The van der Waals surface area contributed by atoms with Gasteiger partial charge in [0, 0.05) is 39.3 Å². The van der Waals surface area contributed by atoms with Crippen molar-refractivity contribution in [2.24, 2.45) is 4.76 Å². The number of nitrogens with zero attached hydrogens (tertiary/aromatic N) is 4. The SMILES string of the molecule is O=P(/N=C(\N1CCCC1)C(Cl)(Cl)Cl)(N1CCCC1)N1CCCC1. The highest BCUT2D eigenvalue weighted by molar-refractivity contribution is 7.58. The molecular formula is C14H24Cl3N4OP. The normalized spacial score (nSPS) is 25.7. The molecule has 23 heavy (non-hydrogen) atoms. The second kappa shape index (κ2) is 7.39. The molecule has 0 aromatic rings. The maximum absolute atomic E-state index is 13.9. The Kier molecular flexibility index (Phi) is 5.88. The van der Waals surface area contributed by atoms with E-state index in [4.69, 9.17) is 34.8 Å². The summed E-state index contributed by atoms with van der Waals surface area (Å²) in [4.78, 5) is 1.99. The summed E-state index contributed by atoms with van der Waals surface area (Å²) in [5.74, 6) is 0.363. The summed E-state index contributed by atoms with van der Waals surface area (Å²) < 4.78 is 21.0. The summed E-state index contributed by atoms with van der Waals surface area (Å²) in [6, 6.07) is 0. The Bertz CT molecular complexity index is 473. The minimum atomic E-state index is -3.06.